The lowest BCUT2D eigenvalue weighted by Crippen LogP contribution is -2.20. The third-order valence-corrected chi connectivity index (χ3v) is 2.37. The lowest BCUT2D eigenvalue weighted by atomic mass is 10.3. The molecule has 0 aliphatic heterocycles. The van der Waals surface area contributed by atoms with Gasteiger partial charge in [-0.3, -0.25) is 4.79 Å². The van der Waals surface area contributed by atoms with E-state index >= 15 is 0 Å². The van der Waals surface area contributed by atoms with Crippen LogP contribution in [-0.4, -0.2) is 17.6 Å². The van der Waals surface area contributed by atoms with Crippen molar-refractivity contribution in [2.24, 2.45) is 0 Å². The largest absolute Gasteiger partial charge is 0.506 e. The van der Waals surface area contributed by atoms with E-state index in [1.54, 1.807) is 24.3 Å². The summed E-state index contributed by atoms with van der Waals surface area (Å²) in [5.74, 6) is -1.04. The molecule has 0 bridgehead atoms. The summed E-state index contributed by atoms with van der Waals surface area (Å²) in [5.41, 5.74) is 0.282. The van der Waals surface area contributed by atoms with Crippen LogP contribution in [0.25, 0.3) is 0 Å². The average Bonchev–Trinajstić information content (AvgIpc) is 2.40. The van der Waals surface area contributed by atoms with Gasteiger partial charge in [-0.05, 0) is 24.3 Å². The van der Waals surface area contributed by atoms with E-state index < -0.39 is 11.7 Å². The molecule has 0 saturated heterocycles. The van der Waals surface area contributed by atoms with Crippen molar-refractivity contribution in [1.29, 1.82) is 0 Å². The average molecular weight is 261 g/mol. The smallest absolute Gasteiger partial charge is 0.262 e. The number of halogens is 1. The Morgan fingerprint density at radius 3 is 2.58 bits per heavy atom. The van der Waals surface area contributed by atoms with Gasteiger partial charge in [0.2, 0.25) is 0 Å². The Labute approximate surface area is 109 Å². The number of aromatic hydroxyl groups is 1. The number of nitrogens with one attached hydrogen (secondary N) is 1. The summed E-state index contributed by atoms with van der Waals surface area (Å²) >= 11 is 0. The van der Waals surface area contributed by atoms with E-state index in [4.69, 9.17) is 4.74 Å². The fourth-order valence-electron chi connectivity index (χ4n) is 1.47. The standard InChI is InChI=1S/C14H12FNO3/c15-10-5-1-4-8-13(10)19-9-14(18)16-11-6-2-3-7-12(11)17/h1-8,17H,9H2,(H,16,18). The van der Waals surface area contributed by atoms with Crippen LogP contribution in [0.2, 0.25) is 0 Å². The van der Waals surface area contributed by atoms with Gasteiger partial charge in [0.05, 0.1) is 5.69 Å². The van der Waals surface area contributed by atoms with E-state index in [0.29, 0.717) is 0 Å². The van der Waals surface area contributed by atoms with Crippen molar-refractivity contribution >= 4 is 11.6 Å². The quantitative estimate of drug-likeness (QED) is 0.831. The minimum atomic E-state index is -0.530. The van der Waals surface area contributed by atoms with Crippen molar-refractivity contribution in [3.63, 3.8) is 0 Å². The van der Waals surface area contributed by atoms with E-state index in [1.807, 2.05) is 0 Å². The topological polar surface area (TPSA) is 58.6 Å². The molecule has 0 fully saturated rings. The van der Waals surface area contributed by atoms with Crippen LogP contribution < -0.4 is 10.1 Å². The maximum atomic E-state index is 13.2. The normalized spacial score (nSPS) is 9.95. The first-order valence-electron chi connectivity index (χ1n) is 5.62. The SMILES string of the molecule is O=C(COc1ccccc1F)Nc1ccccc1O. The number of para-hydroxylation sites is 3. The summed E-state index contributed by atoms with van der Waals surface area (Å²) in [6, 6.07) is 12.1. The molecule has 2 N–H and O–H groups in total. The highest BCUT2D eigenvalue weighted by molar-refractivity contribution is 5.93. The number of carbonyl (C=O) groups excluding carboxylic acids is 1. The van der Waals surface area contributed by atoms with Crippen molar-refractivity contribution in [3.05, 3.63) is 54.3 Å². The van der Waals surface area contributed by atoms with Gasteiger partial charge in [0.1, 0.15) is 5.75 Å². The highest BCUT2D eigenvalue weighted by Gasteiger charge is 2.08. The molecule has 0 unspecified atom stereocenters. The van der Waals surface area contributed by atoms with Crippen LogP contribution >= 0.6 is 0 Å². The number of anilines is 1. The van der Waals surface area contributed by atoms with Gasteiger partial charge in [-0.1, -0.05) is 24.3 Å². The molecule has 1 amide bonds. The van der Waals surface area contributed by atoms with Gasteiger partial charge >= 0.3 is 0 Å². The lowest BCUT2D eigenvalue weighted by molar-refractivity contribution is -0.118. The van der Waals surface area contributed by atoms with Crippen molar-refractivity contribution in [2.45, 2.75) is 0 Å². The van der Waals surface area contributed by atoms with Crippen molar-refractivity contribution in [3.8, 4) is 11.5 Å². The third-order valence-electron chi connectivity index (χ3n) is 2.37. The Morgan fingerprint density at radius 1 is 1.16 bits per heavy atom. The number of hydrogen-bond donors (Lipinski definition) is 2. The number of benzene rings is 2. The number of rotatable bonds is 4. The molecule has 0 spiro atoms. The molecular formula is C14H12FNO3. The summed E-state index contributed by atoms with van der Waals surface area (Å²) in [6.45, 7) is -0.338. The second-order valence-electron chi connectivity index (χ2n) is 3.78. The fourth-order valence-corrected chi connectivity index (χ4v) is 1.47. The molecule has 0 heterocycles. The first kappa shape index (κ1) is 12.9. The van der Waals surface area contributed by atoms with Gasteiger partial charge in [0.25, 0.3) is 5.91 Å². The molecule has 0 atom stereocenters. The number of ether oxygens (including phenoxy) is 1. The van der Waals surface area contributed by atoms with E-state index in [9.17, 15) is 14.3 Å². The Bertz CT molecular complexity index is 586. The number of hydrogen-bond acceptors (Lipinski definition) is 3. The van der Waals surface area contributed by atoms with Crippen LogP contribution in [0.3, 0.4) is 0 Å². The van der Waals surface area contributed by atoms with Crippen LogP contribution in [0.1, 0.15) is 0 Å². The van der Waals surface area contributed by atoms with Gasteiger partial charge in [0.15, 0.2) is 18.2 Å². The monoisotopic (exact) mass is 261 g/mol. The van der Waals surface area contributed by atoms with Crippen LogP contribution in [-0.2, 0) is 4.79 Å². The van der Waals surface area contributed by atoms with Crippen molar-refractivity contribution in [1.82, 2.24) is 0 Å². The molecule has 4 nitrogen and oxygen atoms in total. The van der Waals surface area contributed by atoms with Gasteiger partial charge in [-0.25, -0.2) is 4.39 Å². The van der Waals surface area contributed by atoms with E-state index in [2.05, 4.69) is 5.32 Å². The van der Waals surface area contributed by atoms with Crippen LogP contribution in [0.5, 0.6) is 11.5 Å². The molecular weight excluding hydrogens is 249 g/mol. The van der Waals surface area contributed by atoms with Gasteiger partial charge in [0, 0.05) is 0 Å². The first-order chi connectivity index (χ1) is 9.16. The summed E-state index contributed by atoms with van der Waals surface area (Å²) in [7, 11) is 0. The van der Waals surface area contributed by atoms with Crippen LogP contribution in [0, 0.1) is 5.82 Å². The summed E-state index contributed by atoms with van der Waals surface area (Å²) < 4.78 is 18.3. The molecule has 0 saturated carbocycles. The summed E-state index contributed by atoms with van der Waals surface area (Å²) in [4.78, 5) is 11.6. The Morgan fingerprint density at radius 2 is 1.84 bits per heavy atom. The predicted molar refractivity (Wildman–Crippen MR) is 68.6 cm³/mol. The van der Waals surface area contributed by atoms with Gasteiger partial charge in [-0.2, -0.15) is 0 Å². The Kier molecular flexibility index (Phi) is 3.97. The van der Waals surface area contributed by atoms with E-state index in [0.717, 1.165) is 0 Å². The second-order valence-corrected chi connectivity index (χ2v) is 3.78. The lowest BCUT2D eigenvalue weighted by Gasteiger charge is -2.08. The number of phenolic OH excluding ortho intramolecular Hbond substituents is 1. The molecule has 5 heteroatoms. The zero-order chi connectivity index (χ0) is 13.7. The van der Waals surface area contributed by atoms with Gasteiger partial charge in [-0.15, -0.1) is 0 Å². The molecule has 98 valence electrons. The molecule has 0 aromatic heterocycles. The van der Waals surface area contributed by atoms with Gasteiger partial charge < -0.3 is 15.2 Å². The minimum Gasteiger partial charge on any atom is -0.506 e. The first-order valence-corrected chi connectivity index (χ1v) is 5.62. The zero-order valence-corrected chi connectivity index (χ0v) is 9.97. The molecule has 0 aliphatic carbocycles. The third kappa shape index (κ3) is 3.45. The molecule has 0 aliphatic rings. The molecule has 2 rings (SSSR count). The van der Waals surface area contributed by atoms with E-state index in [1.165, 1.54) is 24.3 Å². The zero-order valence-electron chi connectivity index (χ0n) is 9.97. The van der Waals surface area contributed by atoms with Crippen LogP contribution in [0.4, 0.5) is 10.1 Å². The second kappa shape index (κ2) is 5.86. The molecule has 2 aromatic carbocycles. The summed E-state index contributed by atoms with van der Waals surface area (Å²) in [5, 5.41) is 11.9. The number of amides is 1. The number of carbonyl (C=O) groups is 1. The summed E-state index contributed by atoms with van der Waals surface area (Å²) in [6.07, 6.45) is 0. The number of phenols is 1. The van der Waals surface area contributed by atoms with Crippen molar-refractivity contribution in [2.75, 3.05) is 11.9 Å². The van der Waals surface area contributed by atoms with E-state index in [-0.39, 0.29) is 23.8 Å². The van der Waals surface area contributed by atoms with Crippen LogP contribution in [0.15, 0.2) is 48.5 Å². The Hall–Kier alpha value is -2.56. The maximum Gasteiger partial charge on any atom is 0.262 e. The maximum absolute atomic E-state index is 13.2. The van der Waals surface area contributed by atoms with Crippen molar-refractivity contribution < 1.29 is 19.0 Å². The highest BCUT2D eigenvalue weighted by Crippen LogP contribution is 2.21. The Balaban J connectivity index is 1.92. The molecule has 2 aromatic rings. The molecule has 0 radical (unpaired) electrons. The highest BCUT2D eigenvalue weighted by atomic mass is 19.1. The fraction of sp³-hybridized carbons (Fsp3) is 0.0714. The molecule has 19 heavy (non-hydrogen) atoms. The minimum absolute atomic E-state index is 0.00920. The predicted octanol–water partition coefficient (Wildman–Crippen LogP) is 2.55.